The van der Waals surface area contributed by atoms with Crippen molar-refractivity contribution in [1.82, 2.24) is 15.1 Å². The molecule has 0 aromatic heterocycles. The van der Waals surface area contributed by atoms with E-state index in [1.807, 2.05) is 72.6 Å². The zero-order valence-electron chi connectivity index (χ0n) is 21.4. The standard InChI is InChI=1S/C29H30N6O3/c1-3-38-27(36)23-13-9-14-24(18-23)32-29(37)35-17-16-34(19-26(35)22-11-5-4-6-12-22)28(31-20-30)33-25-15-8-7-10-21(25)2/h4-15,18,26H,3,16-17,19H2,1-2H3,(H,31,33)(H,32,37). The summed E-state index contributed by atoms with van der Waals surface area (Å²) in [4.78, 5) is 34.1. The van der Waals surface area contributed by atoms with E-state index < -0.39 is 5.97 Å². The predicted molar refractivity (Wildman–Crippen MR) is 146 cm³/mol. The maximum Gasteiger partial charge on any atom is 0.338 e. The van der Waals surface area contributed by atoms with Gasteiger partial charge >= 0.3 is 12.0 Å². The number of hydrogen-bond donors (Lipinski definition) is 2. The van der Waals surface area contributed by atoms with Crippen LogP contribution in [0.4, 0.5) is 16.2 Å². The maximum atomic E-state index is 13.5. The molecule has 1 fully saturated rings. The van der Waals surface area contributed by atoms with Crippen LogP contribution in [0.25, 0.3) is 0 Å². The van der Waals surface area contributed by atoms with Crippen molar-refractivity contribution in [1.29, 1.82) is 5.26 Å². The van der Waals surface area contributed by atoms with Crippen molar-refractivity contribution in [2.45, 2.75) is 19.9 Å². The third-order valence-corrected chi connectivity index (χ3v) is 6.26. The molecule has 9 heteroatoms. The lowest BCUT2D eigenvalue weighted by Gasteiger charge is -2.42. The summed E-state index contributed by atoms with van der Waals surface area (Å²) < 4.78 is 5.08. The minimum Gasteiger partial charge on any atom is -0.462 e. The second-order valence-electron chi connectivity index (χ2n) is 8.76. The highest BCUT2D eigenvalue weighted by Gasteiger charge is 2.33. The van der Waals surface area contributed by atoms with Crippen molar-refractivity contribution in [3.8, 4) is 6.19 Å². The molecule has 0 aliphatic carbocycles. The van der Waals surface area contributed by atoms with E-state index in [0.29, 0.717) is 36.8 Å². The molecule has 0 spiro atoms. The first-order valence-electron chi connectivity index (χ1n) is 12.4. The number of rotatable bonds is 5. The van der Waals surface area contributed by atoms with Crippen molar-refractivity contribution in [2.75, 3.05) is 31.6 Å². The molecule has 1 aliphatic heterocycles. The molecule has 194 valence electrons. The SMILES string of the molecule is CCOC(=O)c1cccc(NC(=O)N2CCN(C(=Nc3ccccc3C)NC#N)CC2c2ccccc2)c1. The fraction of sp³-hybridized carbons (Fsp3) is 0.241. The summed E-state index contributed by atoms with van der Waals surface area (Å²) in [5, 5.41) is 15.1. The third-order valence-electron chi connectivity index (χ3n) is 6.26. The zero-order chi connectivity index (χ0) is 26.9. The average molecular weight is 511 g/mol. The van der Waals surface area contributed by atoms with Gasteiger partial charge in [0.05, 0.1) is 23.9 Å². The first-order chi connectivity index (χ1) is 18.5. The van der Waals surface area contributed by atoms with Crippen LogP contribution in [0.15, 0.2) is 83.9 Å². The quantitative estimate of drug-likeness (QED) is 0.167. The van der Waals surface area contributed by atoms with Gasteiger partial charge in [-0.25, -0.2) is 14.6 Å². The lowest BCUT2D eigenvalue weighted by molar-refractivity contribution is 0.0526. The number of esters is 1. The molecule has 2 amide bonds. The van der Waals surface area contributed by atoms with E-state index in [2.05, 4.69) is 10.6 Å². The largest absolute Gasteiger partial charge is 0.462 e. The lowest BCUT2D eigenvalue weighted by atomic mass is 10.0. The van der Waals surface area contributed by atoms with Gasteiger partial charge in [-0.3, -0.25) is 5.32 Å². The summed E-state index contributed by atoms with van der Waals surface area (Å²) in [6.07, 6.45) is 2.00. The molecule has 1 atom stereocenters. The molecular weight excluding hydrogens is 480 g/mol. The van der Waals surface area contributed by atoms with Crippen molar-refractivity contribution in [3.63, 3.8) is 0 Å². The second-order valence-corrected chi connectivity index (χ2v) is 8.76. The number of ether oxygens (including phenoxy) is 1. The number of amides is 2. The summed E-state index contributed by atoms with van der Waals surface area (Å²) in [5.74, 6) is -0.00485. The van der Waals surface area contributed by atoms with Gasteiger partial charge in [0.15, 0.2) is 6.19 Å². The number of benzene rings is 3. The first-order valence-corrected chi connectivity index (χ1v) is 12.4. The number of nitrogens with zero attached hydrogens (tertiary/aromatic N) is 4. The predicted octanol–water partition coefficient (Wildman–Crippen LogP) is 4.82. The van der Waals surface area contributed by atoms with E-state index in [1.165, 1.54) is 0 Å². The molecule has 1 aliphatic rings. The number of urea groups is 1. The zero-order valence-corrected chi connectivity index (χ0v) is 21.4. The normalized spacial score (nSPS) is 15.4. The van der Waals surface area contributed by atoms with Crippen LogP contribution in [0.1, 0.15) is 34.5 Å². The Hall–Kier alpha value is -4.84. The number of anilines is 1. The molecule has 9 nitrogen and oxygen atoms in total. The fourth-order valence-corrected chi connectivity index (χ4v) is 4.34. The number of carbonyl (C=O) groups excluding carboxylic acids is 2. The average Bonchev–Trinajstić information content (AvgIpc) is 2.94. The Bertz CT molecular complexity index is 1350. The van der Waals surface area contributed by atoms with Crippen LogP contribution in [0.3, 0.4) is 0 Å². The van der Waals surface area contributed by atoms with Gasteiger partial charge in [0.1, 0.15) is 0 Å². The van der Waals surface area contributed by atoms with Gasteiger partial charge in [0, 0.05) is 25.3 Å². The van der Waals surface area contributed by atoms with Crippen LogP contribution in [-0.4, -0.2) is 54.0 Å². The van der Waals surface area contributed by atoms with E-state index in [-0.39, 0.29) is 18.7 Å². The minimum atomic E-state index is -0.440. The summed E-state index contributed by atoms with van der Waals surface area (Å²) in [6, 6.07) is 23.6. The Morgan fingerprint density at radius 3 is 2.55 bits per heavy atom. The topological polar surface area (TPSA) is 110 Å². The van der Waals surface area contributed by atoms with Gasteiger partial charge < -0.3 is 19.9 Å². The van der Waals surface area contributed by atoms with Crippen LogP contribution >= 0.6 is 0 Å². The maximum absolute atomic E-state index is 13.5. The van der Waals surface area contributed by atoms with Crippen LogP contribution < -0.4 is 10.6 Å². The summed E-state index contributed by atoms with van der Waals surface area (Å²) in [6.45, 7) is 5.28. The molecule has 38 heavy (non-hydrogen) atoms. The molecule has 3 aromatic rings. The first kappa shape index (κ1) is 26.2. The smallest absolute Gasteiger partial charge is 0.338 e. The number of para-hydroxylation sites is 1. The lowest BCUT2D eigenvalue weighted by Crippen LogP contribution is -2.55. The molecule has 1 saturated heterocycles. The number of guanidine groups is 1. The number of carbonyl (C=O) groups is 2. The minimum absolute atomic E-state index is 0.272. The number of aryl methyl sites for hydroxylation is 1. The van der Waals surface area contributed by atoms with Gasteiger partial charge in [0.2, 0.25) is 5.96 Å². The molecule has 0 radical (unpaired) electrons. The van der Waals surface area contributed by atoms with Crippen LogP contribution in [0, 0.1) is 18.4 Å². The van der Waals surface area contributed by atoms with Gasteiger partial charge in [-0.05, 0) is 49.2 Å². The molecule has 0 saturated carbocycles. The van der Waals surface area contributed by atoms with E-state index in [9.17, 15) is 14.9 Å². The number of nitriles is 1. The summed E-state index contributed by atoms with van der Waals surface area (Å²) >= 11 is 0. The Balaban J connectivity index is 1.58. The van der Waals surface area contributed by atoms with E-state index in [4.69, 9.17) is 9.73 Å². The number of aliphatic imine (C=N–C) groups is 1. The van der Waals surface area contributed by atoms with E-state index in [1.54, 1.807) is 36.1 Å². The second kappa shape index (κ2) is 12.4. The van der Waals surface area contributed by atoms with Crippen molar-refractivity contribution in [3.05, 3.63) is 95.6 Å². The van der Waals surface area contributed by atoms with Crippen LogP contribution in [-0.2, 0) is 4.74 Å². The molecule has 3 aromatic carbocycles. The van der Waals surface area contributed by atoms with Crippen molar-refractivity contribution >= 4 is 29.3 Å². The van der Waals surface area contributed by atoms with Crippen LogP contribution in [0.2, 0.25) is 0 Å². The number of hydrogen-bond acceptors (Lipinski definition) is 5. The van der Waals surface area contributed by atoms with Gasteiger partial charge in [-0.1, -0.05) is 54.6 Å². The molecule has 1 unspecified atom stereocenters. The third kappa shape index (κ3) is 6.28. The highest BCUT2D eigenvalue weighted by atomic mass is 16.5. The molecule has 2 N–H and O–H groups in total. The van der Waals surface area contributed by atoms with Gasteiger partial charge in [0.25, 0.3) is 0 Å². The van der Waals surface area contributed by atoms with E-state index in [0.717, 1.165) is 16.8 Å². The Morgan fingerprint density at radius 2 is 1.82 bits per heavy atom. The Morgan fingerprint density at radius 1 is 1.05 bits per heavy atom. The molecular formula is C29H30N6O3. The fourth-order valence-electron chi connectivity index (χ4n) is 4.34. The molecule has 4 rings (SSSR count). The monoisotopic (exact) mass is 510 g/mol. The summed E-state index contributed by atoms with van der Waals surface area (Å²) in [7, 11) is 0. The highest BCUT2D eigenvalue weighted by Crippen LogP contribution is 2.27. The highest BCUT2D eigenvalue weighted by molar-refractivity contribution is 5.94. The number of nitrogens with one attached hydrogen (secondary N) is 2. The molecule has 1 heterocycles. The van der Waals surface area contributed by atoms with E-state index >= 15 is 0 Å². The summed E-state index contributed by atoms with van der Waals surface area (Å²) in [5.41, 5.74) is 3.59. The van der Waals surface area contributed by atoms with Crippen LogP contribution in [0.5, 0.6) is 0 Å². The van der Waals surface area contributed by atoms with Crippen molar-refractivity contribution in [2.24, 2.45) is 4.99 Å². The van der Waals surface area contributed by atoms with Gasteiger partial charge in [-0.15, -0.1) is 0 Å². The number of piperazine rings is 1. The molecule has 0 bridgehead atoms. The Kier molecular flexibility index (Phi) is 8.57. The van der Waals surface area contributed by atoms with Crippen molar-refractivity contribution < 1.29 is 14.3 Å². The Labute approximate surface area is 222 Å². The van der Waals surface area contributed by atoms with Gasteiger partial charge in [-0.2, -0.15) is 5.26 Å².